The van der Waals surface area contributed by atoms with Crippen LogP contribution in [0.4, 0.5) is 0 Å². The third kappa shape index (κ3) is 7.77. The molecule has 15 heavy (non-hydrogen) atoms. The minimum Gasteiger partial charge on any atom is -0.382 e. The highest BCUT2D eigenvalue weighted by Crippen LogP contribution is 1.99. The largest absolute Gasteiger partial charge is 0.382 e. The fourth-order valence-corrected chi connectivity index (χ4v) is 1.41. The summed E-state index contributed by atoms with van der Waals surface area (Å²) in [5.41, 5.74) is 0. The monoisotopic (exact) mass is 216 g/mol. The van der Waals surface area contributed by atoms with E-state index in [0.29, 0.717) is 12.1 Å². The van der Waals surface area contributed by atoms with E-state index in [9.17, 15) is 0 Å². The zero-order valence-electron chi connectivity index (χ0n) is 11.0. The van der Waals surface area contributed by atoms with Crippen LogP contribution < -0.4 is 5.32 Å². The van der Waals surface area contributed by atoms with Crippen molar-refractivity contribution in [1.82, 2.24) is 10.2 Å². The van der Waals surface area contributed by atoms with Crippen molar-refractivity contribution in [3.63, 3.8) is 0 Å². The van der Waals surface area contributed by atoms with Crippen LogP contribution in [0.2, 0.25) is 0 Å². The lowest BCUT2D eigenvalue weighted by molar-refractivity contribution is 0.143. The fraction of sp³-hybridized carbons (Fsp3) is 1.00. The Morgan fingerprint density at radius 2 is 1.93 bits per heavy atom. The van der Waals surface area contributed by atoms with Gasteiger partial charge in [-0.1, -0.05) is 0 Å². The lowest BCUT2D eigenvalue weighted by atomic mass is 10.2. The number of hydrogen-bond acceptors (Lipinski definition) is 3. The molecule has 1 atom stereocenters. The van der Waals surface area contributed by atoms with E-state index in [1.165, 1.54) is 0 Å². The number of likely N-dealkylation sites (N-methyl/N-ethyl adjacent to an activating group) is 1. The van der Waals surface area contributed by atoms with Crippen molar-refractivity contribution in [2.24, 2.45) is 0 Å². The highest BCUT2D eigenvalue weighted by atomic mass is 16.5. The summed E-state index contributed by atoms with van der Waals surface area (Å²) in [5, 5.41) is 3.46. The summed E-state index contributed by atoms with van der Waals surface area (Å²) >= 11 is 0. The Morgan fingerprint density at radius 1 is 1.27 bits per heavy atom. The average molecular weight is 216 g/mol. The lowest BCUT2D eigenvalue weighted by Crippen LogP contribution is -2.41. The Labute approximate surface area is 95.2 Å². The summed E-state index contributed by atoms with van der Waals surface area (Å²) < 4.78 is 5.28. The van der Waals surface area contributed by atoms with Crippen molar-refractivity contribution >= 4 is 0 Å². The third-order valence-electron chi connectivity index (χ3n) is 2.80. The van der Waals surface area contributed by atoms with Crippen LogP contribution in [0.15, 0.2) is 0 Å². The van der Waals surface area contributed by atoms with Gasteiger partial charge in [0.05, 0.1) is 0 Å². The number of nitrogens with one attached hydrogen (secondary N) is 1. The Kier molecular flexibility index (Phi) is 9.06. The van der Waals surface area contributed by atoms with Crippen LogP contribution in [0.1, 0.15) is 34.1 Å². The number of hydrogen-bond donors (Lipinski definition) is 1. The van der Waals surface area contributed by atoms with Gasteiger partial charge in [0.2, 0.25) is 0 Å². The Bertz CT molecular complexity index is 140. The van der Waals surface area contributed by atoms with Gasteiger partial charge in [0.1, 0.15) is 0 Å². The highest BCUT2D eigenvalue weighted by Gasteiger charge is 2.10. The van der Waals surface area contributed by atoms with Crippen LogP contribution in [0, 0.1) is 0 Å². The molecule has 0 amide bonds. The number of nitrogens with zero attached hydrogens (tertiary/aromatic N) is 1. The molecule has 0 saturated carbocycles. The molecule has 0 bridgehead atoms. The quantitative estimate of drug-likeness (QED) is 0.594. The van der Waals surface area contributed by atoms with Crippen molar-refractivity contribution in [2.75, 3.05) is 33.4 Å². The number of rotatable bonds is 9. The van der Waals surface area contributed by atoms with Crippen LogP contribution in [0.3, 0.4) is 0 Å². The summed E-state index contributed by atoms with van der Waals surface area (Å²) in [4.78, 5) is 2.38. The normalized spacial score (nSPS) is 13.8. The second kappa shape index (κ2) is 9.13. The predicted molar refractivity (Wildman–Crippen MR) is 66.3 cm³/mol. The van der Waals surface area contributed by atoms with Crippen molar-refractivity contribution in [2.45, 2.75) is 46.2 Å². The Hall–Kier alpha value is -0.120. The van der Waals surface area contributed by atoms with Crippen molar-refractivity contribution in [3.8, 4) is 0 Å². The molecule has 0 rings (SSSR count). The molecular weight excluding hydrogens is 188 g/mol. The molecule has 0 fully saturated rings. The molecule has 3 heteroatoms. The highest BCUT2D eigenvalue weighted by molar-refractivity contribution is 4.68. The lowest BCUT2D eigenvalue weighted by Gasteiger charge is -2.28. The second-order valence-electron chi connectivity index (χ2n) is 4.36. The van der Waals surface area contributed by atoms with Crippen LogP contribution in [0.25, 0.3) is 0 Å². The molecule has 0 spiro atoms. The van der Waals surface area contributed by atoms with Gasteiger partial charge in [0, 0.05) is 31.8 Å². The van der Waals surface area contributed by atoms with Gasteiger partial charge >= 0.3 is 0 Å². The third-order valence-corrected chi connectivity index (χ3v) is 2.80. The molecule has 0 aromatic carbocycles. The molecular formula is C12H28N2O. The summed E-state index contributed by atoms with van der Waals surface area (Å²) in [5.74, 6) is 0. The first-order valence-corrected chi connectivity index (χ1v) is 6.10. The van der Waals surface area contributed by atoms with E-state index in [1.807, 2.05) is 6.92 Å². The smallest absolute Gasteiger partial charge is 0.0477 e. The zero-order valence-corrected chi connectivity index (χ0v) is 11.0. The van der Waals surface area contributed by atoms with Gasteiger partial charge in [-0.15, -0.1) is 0 Å². The van der Waals surface area contributed by atoms with E-state index < -0.39 is 0 Å². The molecule has 0 aliphatic heterocycles. The SMILES string of the molecule is CCOCCCNCC(C)N(C)C(C)C. The van der Waals surface area contributed by atoms with Crippen LogP contribution >= 0.6 is 0 Å². The van der Waals surface area contributed by atoms with Crippen LogP contribution in [-0.2, 0) is 4.74 Å². The summed E-state index contributed by atoms with van der Waals surface area (Å²) in [6.45, 7) is 12.6. The Balaban J connectivity index is 3.34. The average Bonchev–Trinajstić information content (AvgIpc) is 2.21. The van der Waals surface area contributed by atoms with E-state index in [4.69, 9.17) is 4.74 Å². The van der Waals surface area contributed by atoms with Gasteiger partial charge in [0.15, 0.2) is 0 Å². The summed E-state index contributed by atoms with van der Waals surface area (Å²) in [7, 11) is 2.18. The van der Waals surface area contributed by atoms with Gasteiger partial charge in [0.25, 0.3) is 0 Å². The maximum Gasteiger partial charge on any atom is 0.0477 e. The van der Waals surface area contributed by atoms with E-state index in [1.54, 1.807) is 0 Å². The summed E-state index contributed by atoms with van der Waals surface area (Å²) in [6, 6.07) is 1.21. The molecule has 92 valence electrons. The van der Waals surface area contributed by atoms with Crippen molar-refractivity contribution in [1.29, 1.82) is 0 Å². The molecule has 0 radical (unpaired) electrons. The van der Waals surface area contributed by atoms with Gasteiger partial charge in [-0.25, -0.2) is 0 Å². The van der Waals surface area contributed by atoms with Crippen molar-refractivity contribution < 1.29 is 4.74 Å². The minimum absolute atomic E-state index is 0.595. The first-order chi connectivity index (χ1) is 7.09. The van der Waals surface area contributed by atoms with E-state index in [2.05, 4.69) is 38.0 Å². The zero-order chi connectivity index (χ0) is 11.7. The minimum atomic E-state index is 0.595. The van der Waals surface area contributed by atoms with Crippen LogP contribution in [0.5, 0.6) is 0 Å². The Morgan fingerprint density at radius 3 is 2.47 bits per heavy atom. The van der Waals surface area contributed by atoms with Gasteiger partial charge in [-0.3, -0.25) is 0 Å². The molecule has 0 aromatic rings. The van der Waals surface area contributed by atoms with Gasteiger partial charge in [-0.05, 0) is 47.7 Å². The summed E-state index contributed by atoms with van der Waals surface area (Å²) in [6.07, 6.45) is 1.10. The fourth-order valence-electron chi connectivity index (χ4n) is 1.41. The van der Waals surface area contributed by atoms with E-state index >= 15 is 0 Å². The molecule has 0 aromatic heterocycles. The number of ether oxygens (including phenoxy) is 1. The van der Waals surface area contributed by atoms with E-state index in [-0.39, 0.29) is 0 Å². The molecule has 1 N–H and O–H groups in total. The van der Waals surface area contributed by atoms with Crippen molar-refractivity contribution in [3.05, 3.63) is 0 Å². The molecule has 0 saturated heterocycles. The standard InChI is InChI=1S/C12H28N2O/c1-6-15-9-7-8-13-10-12(4)14(5)11(2)3/h11-13H,6-10H2,1-5H3. The molecule has 1 unspecified atom stereocenters. The maximum absolute atomic E-state index is 5.28. The molecule has 0 aliphatic rings. The maximum atomic E-state index is 5.28. The second-order valence-corrected chi connectivity index (χ2v) is 4.36. The molecule has 0 heterocycles. The molecule has 3 nitrogen and oxygen atoms in total. The van der Waals surface area contributed by atoms with Gasteiger partial charge < -0.3 is 15.0 Å². The molecule has 0 aliphatic carbocycles. The first kappa shape index (κ1) is 14.9. The van der Waals surface area contributed by atoms with Gasteiger partial charge in [-0.2, -0.15) is 0 Å². The predicted octanol–water partition coefficient (Wildman–Crippen LogP) is 1.73. The first-order valence-electron chi connectivity index (χ1n) is 6.10. The topological polar surface area (TPSA) is 24.5 Å². The van der Waals surface area contributed by atoms with Crippen LogP contribution in [-0.4, -0.2) is 50.3 Å². The van der Waals surface area contributed by atoms with E-state index in [0.717, 1.165) is 32.7 Å².